The van der Waals surface area contributed by atoms with Crippen LogP contribution in [0.1, 0.15) is 17.2 Å². The number of nitro benzene ring substituents is 1. The van der Waals surface area contributed by atoms with Crippen molar-refractivity contribution < 1.29 is 32.0 Å². The van der Waals surface area contributed by atoms with E-state index in [1.54, 1.807) is 4.90 Å². The highest BCUT2D eigenvalue weighted by Gasteiger charge is 2.32. The molecule has 1 unspecified atom stereocenters. The zero-order valence-electron chi connectivity index (χ0n) is 14.7. The van der Waals surface area contributed by atoms with Crippen LogP contribution in [0, 0.1) is 15.9 Å². The van der Waals surface area contributed by atoms with Gasteiger partial charge in [-0.05, 0) is 17.7 Å². The summed E-state index contributed by atoms with van der Waals surface area (Å²) in [6.45, 7) is 0.533. The highest BCUT2D eigenvalue weighted by molar-refractivity contribution is 5.67. The van der Waals surface area contributed by atoms with Gasteiger partial charge in [0.05, 0.1) is 24.2 Å². The topological polar surface area (TPSA) is 64.8 Å². The number of nitro groups is 1. The second-order valence-corrected chi connectivity index (χ2v) is 6.16. The zero-order valence-corrected chi connectivity index (χ0v) is 14.7. The average Bonchev–Trinajstić information content (AvgIpc) is 2.66. The van der Waals surface area contributed by atoms with Gasteiger partial charge in [0.1, 0.15) is 17.5 Å². The summed E-state index contributed by atoms with van der Waals surface area (Å²) < 4.78 is 63.0. The van der Waals surface area contributed by atoms with Crippen molar-refractivity contribution in [1.29, 1.82) is 0 Å². The minimum absolute atomic E-state index is 0.0297. The number of methoxy groups -OCH3 is 1. The number of hydrogen-bond donors (Lipinski definition) is 0. The highest BCUT2D eigenvalue weighted by Crippen LogP contribution is 2.38. The normalized spacial score (nSPS) is 17.5. The van der Waals surface area contributed by atoms with Crippen molar-refractivity contribution in [3.8, 4) is 5.75 Å². The van der Waals surface area contributed by atoms with E-state index >= 15 is 0 Å². The van der Waals surface area contributed by atoms with Crippen molar-refractivity contribution in [2.75, 3.05) is 31.7 Å². The Morgan fingerprint density at radius 2 is 1.93 bits per heavy atom. The number of alkyl halides is 3. The second-order valence-electron chi connectivity index (χ2n) is 6.16. The van der Waals surface area contributed by atoms with Gasteiger partial charge in [0.2, 0.25) is 5.82 Å². The number of morpholine rings is 1. The van der Waals surface area contributed by atoms with Crippen LogP contribution in [0.3, 0.4) is 0 Å². The predicted molar refractivity (Wildman–Crippen MR) is 92.0 cm³/mol. The molecule has 0 amide bonds. The van der Waals surface area contributed by atoms with Gasteiger partial charge in [0.25, 0.3) is 0 Å². The van der Waals surface area contributed by atoms with Crippen molar-refractivity contribution in [3.63, 3.8) is 0 Å². The molecule has 1 atom stereocenters. The summed E-state index contributed by atoms with van der Waals surface area (Å²) in [6, 6.07) is 6.79. The van der Waals surface area contributed by atoms with Gasteiger partial charge < -0.3 is 14.4 Å². The molecule has 0 N–H and O–H groups in total. The van der Waals surface area contributed by atoms with Crippen molar-refractivity contribution in [3.05, 3.63) is 63.5 Å². The molecule has 1 heterocycles. The molecule has 0 radical (unpaired) electrons. The van der Waals surface area contributed by atoms with Crippen LogP contribution in [0.5, 0.6) is 5.75 Å². The van der Waals surface area contributed by atoms with E-state index in [4.69, 9.17) is 9.47 Å². The minimum Gasteiger partial charge on any atom is -0.497 e. The van der Waals surface area contributed by atoms with Gasteiger partial charge >= 0.3 is 11.9 Å². The van der Waals surface area contributed by atoms with Gasteiger partial charge in [-0.15, -0.1) is 0 Å². The average molecular weight is 400 g/mol. The van der Waals surface area contributed by atoms with Crippen molar-refractivity contribution in [1.82, 2.24) is 0 Å². The Morgan fingerprint density at radius 1 is 1.25 bits per heavy atom. The quantitative estimate of drug-likeness (QED) is 0.434. The second kappa shape index (κ2) is 7.63. The molecule has 28 heavy (non-hydrogen) atoms. The predicted octanol–water partition coefficient (Wildman–Crippen LogP) is 4.34. The number of hydrogen-bond acceptors (Lipinski definition) is 5. The number of halogens is 4. The summed E-state index contributed by atoms with van der Waals surface area (Å²) >= 11 is 0. The standard InChI is InChI=1S/C18H16F4N2O4/c1-27-13-8-14(19)17(24(25)26)15(9-13)23-6-7-28-16(10-23)11-2-4-12(5-3-11)18(20,21)22/h2-5,8-9,16H,6-7,10H2,1H3. The Kier molecular flexibility index (Phi) is 5.41. The fraction of sp³-hybridized carbons (Fsp3) is 0.333. The van der Waals surface area contributed by atoms with Crippen molar-refractivity contribution >= 4 is 11.4 Å². The molecule has 2 aromatic carbocycles. The number of benzene rings is 2. The molecule has 10 heteroatoms. The maximum atomic E-state index is 14.2. The highest BCUT2D eigenvalue weighted by atomic mass is 19.4. The van der Waals surface area contributed by atoms with E-state index in [2.05, 4.69) is 0 Å². The van der Waals surface area contributed by atoms with Crippen LogP contribution in [-0.2, 0) is 10.9 Å². The van der Waals surface area contributed by atoms with E-state index in [0.717, 1.165) is 18.2 Å². The fourth-order valence-corrected chi connectivity index (χ4v) is 3.06. The van der Waals surface area contributed by atoms with E-state index in [1.165, 1.54) is 25.3 Å². The van der Waals surface area contributed by atoms with Gasteiger partial charge in [-0.3, -0.25) is 10.1 Å². The molecule has 1 aliphatic heterocycles. The summed E-state index contributed by atoms with van der Waals surface area (Å²) in [4.78, 5) is 12.1. The molecule has 0 saturated carbocycles. The first-order valence-electron chi connectivity index (χ1n) is 8.26. The van der Waals surface area contributed by atoms with Crippen LogP contribution in [0.4, 0.5) is 28.9 Å². The van der Waals surface area contributed by atoms with Crippen LogP contribution < -0.4 is 9.64 Å². The van der Waals surface area contributed by atoms with Crippen molar-refractivity contribution in [2.24, 2.45) is 0 Å². The molecule has 6 nitrogen and oxygen atoms in total. The Hall–Kier alpha value is -2.88. The summed E-state index contributed by atoms with van der Waals surface area (Å²) in [5.74, 6) is -0.910. The number of ether oxygens (including phenoxy) is 2. The summed E-state index contributed by atoms with van der Waals surface area (Å²) in [7, 11) is 1.31. The molecule has 0 aliphatic carbocycles. The third-order valence-electron chi connectivity index (χ3n) is 4.45. The van der Waals surface area contributed by atoms with Gasteiger partial charge in [0.15, 0.2) is 0 Å². The lowest BCUT2D eigenvalue weighted by Gasteiger charge is -2.34. The molecule has 1 fully saturated rings. The number of nitrogens with zero attached hydrogens (tertiary/aromatic N) is 2. The number of rotatable bonds is 4. The summed E-state index contributed by atoms with van der Waals surface area (Å²) in [5, 5.41) is 11.3. The SMILES string of the molecule is COc1cc(F)c([N+](=O)[O-])c(N2CCOC(c3ccc(C(F)(F)F)cc3)C2)c1. The zero-order chi connectivity index (χ0) is 20.5. The van der Waals surface area contributed by atoms with Gasteiger partial charge in [-0.25, -0.2) is 0 Å². The van der Waals surface area contributed by atoms with Crippen LogP contribution in [0.25, 0.3) is 0 Å². The van der Waals surface area contributed by atoms with Gasteiger partial charge in [-0.1, -0.05) is 12.1 Å². The maximum Gasteiger partial charge on any atom is 0.416 e. The first kappa shape index (κ1) is 19.9. The largest absolute Gasteiger partial charge is 0.497 e. The fourth-order valence-electron chi connectivity index (χ4n) is 3.06. The monoisotopic (exact) mass is 400 g/mol. The maximum absolute atomic E-state index is 14.2. The van der Waals surface area contributed by atoms with Crippen LogP contribution in [0.2, 0.25) is 0 Å². The smallest absolute Gasteiger partial charge is 0.416 e. The lowest BCUT2D eigenvalue weighted by atomic mass is 10.0. The van der Waals surface area contributed by atoms with E-state index < -0.39 is 34.3 Å². The van der Waals surface area contributed by atoms with Crippen LogP contribution >= 0.6 is 0 Å². The Morgan fingerprint density at radius 3 is 2.50 bits per heavy atom. The van der Waals surface area contributed by atoms with Gasteiger partial charge in [0, 0.05) is 25.2 Å². The number of anilines is 1. The lowest BCUT2D eigenvalue weighted by Crippen LogP contribution is -2.38. The van der Waals surface area contributed by atoms with E-state index in [9.17, 15) is 27.7 Å². The molecular weight excluding hydrogens is 384 g/mol. The summed E-state index contributed by atoms with van der Waals surface area (Å²) in [6.07, 6.45) is -5.07. The third-order valence-corrected chi connectivity index (χ3v) is 4.45. The van der Waals surface area contributed by atoms with E-state index in [0.29, 0.717) is 5.56 Å². The molecule has 3 rings (SSSR count). The molecule has 1 aliphatic rings. The van der Waals surface area contributed by atoms with E-state index in [-0.39, 0.29) is 31.1 Å². The Labute approximate surface area is 157 Å². The lowest BCUT2D eigenvalue weighted by molar-refractivity contribution is -0.386. The Bertz CT molecular complexity index is 871. The third kappa shape index (κ3) is 4.01. The Balaban J connectivity index is 1.90. The molecule has 0 aromatic heterocycles. The van der Waals surface area contributed by atoms with Crippen LogP contribution in [0.15, 0.2) is 36.4 Å². The molecule has 1 saturated heterocycles. The molecule has 0 bridgehead atoms. The van der Waals surface area contributed by atoms with Crippen molar-refractivity contribution in [2.45, 2.75) is 12.3 Å². The van der Waals surface area contributed by atoms with Crippen LogP contribution in [-0.4, -0.2) is 31.7 Å². The van der Waals surface area contributed by atoms with E-state index in [1.807, 2.05) is 0 Å². The summed E-state index contributed by atoms with van der Waals surface area (Å²) in [5.41, 5.74) is -0.950. The van der Waals surface area contributed by atoms with Gasteiger partial charge in [-0.2, -0.15) is 17.6 Å². The minimum atomic E-state index is -4.45. The molecule has 2 aromatic rings. The first-order valence-corrected chi connectivity index (χ1v) is 8.26. The molecule has 0 spiro atoms. The molecular formula is C18H16F4N2O4. The first-order chi connectivity index (χ1) is 13.2. The molecule has 150 valence electrons.